The van der Waals surface area contributed by atoms with Crippen molar-refractivity contribution in [3.8, 4) is 0 Å². The van der Waals surface area contributed by atoms with Gasteiger partial charge in [-0.1, -0.05) is 44.2 Å². The summed E-state index contributed by atoms with van der Waals surface area (Å²) in [6, 6.07) is 9.83. The summed E-state index contributed by atoms with van der Waals surface area (Å²) in [6.45, 7) is 4.22. The zero-order chi connectivity index (χ0) is 10.6. The summed E-state index contributed by atoms with van der Waals surface area (Å²) in [4.78, 5) is 11.6. The number of hydrogen-bond donors (Lipinski definition) is 1. The van der Waals surface area contributed by atoms with Gasteiger partial charge >= 0.3 is 0 Å². The summed E-state index contributed by atoms with van der Waals surface area (Å²) >= 11 is 0. The average molecular weight is 191 g/mol. The minimum absolute atomic E-state index is 0.0544. The van der Waals surface area contributed by atoms with Gasteiger partial charge in [0.2, 0.25) is 0 Å². The first-order valence-corrected chi connectivity index (χ1v) is 4.94. The minimum atomic E-state index is -0.0544. The third-order valence-corrected chi connectivity index (χ3v) is 2.37. The molecular weight excluding hydrogens is 174 g/mol. The maximum atomic E-state index is 11.6. The molecule has 0 saturated carbocycles. The van der Waals surface area contributed by atoms with E-state index in [-0.39, 0.29) is 18.2 Å². The maximum Gasteiger partial charge on any atom is 0.154 e. The molecule has 1 unspecified atom stereocenters. The Kier molecular flexibility index (Phi) is 3.84. The largest absolute Gasteiger partial charge is 0.324 e. The predicted molar refractivity (Wildman–Crippen MR) is 58.1 cm³/mol. The first kappa shape index (κ1) is 10.9. The van der Waals surface area contributed by atoms with E-state index < -0.39 is 0 Å². The lowest BCUT2D eigenvalue weighted by Gasteiger charge is -2.19. The zero-order valence-corrected chi connectivity index (χ0v) is 8.73. The van der Waals surface area contributed by atoms with E-state index in [4.69, 9.17) is 5.73 Å². The van der Waals surface area contributed by atoms with Crippen LogP contribution < -0.4 is 5.73 Å². The standard InChI is InChI=1S/C12H17NO/c1-9(2)12(11(14)8-13)10-6-4-3-5-7-10/h3-7,9,12H,8,13H2,1-2H3. The second kappa shape index (κ2) is 4.91. The molecule has 2 N–H and O–H groups in total. The van der Waals surface area contributed by atoms with Crippen LogP contribution in [0.15, 0.2) is 30.3 Å². The molecule has 0 bridgehead atoms. The van der Waals surface area contributed by atoms with E-state index in [2.05, 4.69) is 0 Å². The molecule has 0 spiro atoms. The van der Waals surface area contributed by atoms with Gasteiger partial charge in [0, 0.05) is 5.92 Å². The molecule has 2 heteroatoms. The molecule has 76 valence electrons. The Labute approximate surface area is 85.1 Å². The predicted octanol–water partition coefficient (Wildman–Crippen LogP) is 1.95. The summed E-state index contributed by atoms with van der Waals surface area (Å²) in [6.07, 6.45) is 0. The van der Waals surface area contributed by atoms with E-state index in [0.717, 1.165) is 5.56 Å². The Morgan fingerprint density at radius 3 is 2.29 bits per heavy atom. The van der Waals surface area contributed by atoms with Crippen LogP contribution in [-0.2, 0) is 4.79 Å². The molecule has 0 amide bonds. The van der Waals surface area contributed by atoms with Crippen molar-refractivity contribution in [2.24, 2.45) is 11.7 Å². The quantitative estimate of drug-likeness (QED) is 0.790. The van der Waals surface area contributed by atoms with E-state index >= 15 is 0 Å². The fraction of sp³-hybridized carbons (Fsp3) is 0.417. The summed E-state index contributed by atoms with van der Waals surface area (Å²) in [5.41, 5.74) is 6.47. The normalized spacial score (nSPS) is 12.9. The van der Waals surface area contributed by atoms with Crippen molar-refractivity contribution in [2.75, 3.05) is 6.54 Å². The van der Waals surface area contributed by atoms with Gasteiger partial charge in [0.15, 0.2) is 5.78 Å². The molecule has 0 aliphatic heterocycles. The highest BCUT2D eigenvalue weighted by atomic mass is 16.1. The fourth-order valence-corrected chi connectivity index (χ4v) is 1.73. The monoisotopic (exact) mass is 191 g/mol. The van der Waals surface area contributed by atoms with Gasteiger partial charge in [-0.3, -0.25) is 4.79 Å². The number of Topliss-reactive ketones (excluding diaryl/α,β-unsaturated/α-hetero) is 1. The number of rotatable bonds is 4. The van der Waals surface area contributed by atoms with E-state index in [0.29, 0.717) is 5.92 Å². The van der Waals surface area contributed by atoms with Crippen LogP contribution in [0.3, 0.4) is 0 Å². The summed E-state index contributed by atoms with van der Waals surface area (Å²) in [5.74, 6) is 0.362. The molecule has 0 saturated heterocycles. The highest BCUT2D eigenvalue weighted by Crippen LogP contribution is 2.24. The molecule has 0 aliphatic carbocycles. The lowest BCUT2D eigenvalue weighted by atomic mass is 9.85. The van der Waals surface area contributed by atoms with Crippen LogP contribution in [0.1, 0.15) is 25.3 Å². The lowest BCUT2D eigenvalue weighted by Crippen LogP contribution is -2.25. The van der Waals surface area contributed by atoms with E-state index in [1.165, 1.54) is 0 Å². The minimum Gasteiger partial charge on any atom is -0.324 e. The Bertz CT molecular complexity index is 292. The van der Waals surface area contributed by atoms with Crippen molar-refractivity contribution in [3.05, 3.63) is 35.9 Å². The van der Waals surface area contributed by atoms with Gasteiger partial charge in [0.05, 0.1) is 6.54 Å². The molecule has 1 atom stereocenters. The molecule has 0 fully saturated rings. The Hall–Kier alpha value is -1.15. The van der Waals surface area contributed by atoms with Gasteiger partial charge in [-0.05, 0) is 11.5 Å². The third-order valence-electron chi connectivity index (χ3n) is 2.37. The molecular formula is C12H17NO. The number of carbonyl (C=O) groups is 1. The van der Waals surface area contributed by atoms with Gasteiger partial charge in [0.25, 0.3) is 0 Å². The van der Waals surface area contributed by atoms with Gasteiger partial charge in [-0.25, -0.2) is 0 Å². The molecule has 2 nitrogen and oxygen atoms in total. The van der Waals surface area contributed by atoms with Gasteiger partial charge in [-0.15, -0.1) is 0 Å². The third kappa shape index (κ3) is 2.42. The number of ketones is 1. The topological polar surface area (TPSA) is 43.1 Å². The highest BCUT2D eigenvalue weighted by molar-refractivity contribution is 5.87. The number of carbonyl (C=O) groups excluding carboxylic acids is 1. The number of nitrogens with two attached hydrogens (primary N) is 1. The molecule has 0 aromatic heterocycles. The van der Waals surface area contributed by atoms with E-state index in [9.17, 15) is 4.79 Å². The molecule has 1 aromatic rings. The van der Waals surface area contributed by atoms with Crippen molar-refractivity contribution in [3.63, 3.8) is 0 Å². The van der Waals surface area contributed by atoms with Crippen molar-refractivity contribution < 1.29 is 4.79 Å². The van der Waals surface area contributed by atoms with Crippen LogP contribution in [0.25, 0.3) is 0 Å². The molecule has 0 radical (unpaired) electrons. The molecule has 14 heavy (non-hydrogen) atoms. The first-order valence-electron chi connectivity index (χ1n) is 4.94. The lowest BCUT2D eigenvalue weighted by molar-refractivity contribution is -0.120. The molecule has 0 heterocycles. The number of benzene rings is 1. The Morgan fingerprint density at radius 1 is 1.29 bits per heavy atom. The van der Waals surface area contributed by atoms with E-state index in [1.54, 1.807) is 0 Å². The number of hydrogen-bond acceptors (Lipinski definition) is 2. The zero-order valence-electron chi connectivity index (χ0n) is 8.73. The van der Waals surface area contributed by atoms with Crippen molar-refractivity contribution in [2.45, 2.75) is 19.8 Å². The first-order chi connectivity index (χ1) is 6.66. The second-order valence-electron chi connectivity index (χ2n) is 3.80. The van der Waals surface area contributed by atoms with Gasteiger partial charge in [0.1, 0.15) is 0 Å². The smallest absolute Gasteiger partial charge is 0.154 e. The summed E-state index contributed by atoms with van der Waals surface area (Å²) in [7, 11) is 0. The Balaban J connectivity index is 2.95. The average Bonchev–Trinajstić information content (AvgIpc) is 2.19. The molecule has 1 aromatic carbocycles. The van der Waals surface area contributed by atoms with Crippen LogP contribution in [0, 0.1) is 5.92 Å². The summed E-state index contributed by atoms with van der Waals surface area (Å²) < 4.78 is 0. The fourth-order valence-electron chi connectivity index (χ4n) is 1.73. The van der Waals surface area contributed by atoms with Crippen molar-refractivity contribution in [1.82, 2.24) is 0 Å². The van der Waals surface area contributed by atoms with E-state index in [1.807, 2.05) is 44.2 Å². The second-order valence-corrected chi connectivity index (χ2v) is 3.80. The van der Waals surface area contributed by atoms with Crippen LogP contribution in [0.5, 0.6) is 0 Å². The molecule has 1 rings (SSSR count). The SMILES string of the molecule is CC(C)C(C(=O)CN)c1ccccc1. The van der Waals surface area contributed by atoms with Crippen LogP contribution >= 0.6 is 0 Å². The van der Waals surface area contributed by atoms with Crippen LogP contribution in [-0.4, -0.2) is 12.3 Å². The van der Waals surface area contributed by atoms with Crippen LogP contribution in [0.2, 0.25) is 0 Å². The van der Waals surface area contributed by atoms with Gasteiger partial charge < -0.3 is 5.73 Å². The summed E-state index contributed by atoms with van der Waals surface area (Å²) in [5, 5.41) is 0. The van der Waals surface area contributed by atoms with Crippen molar-refractivity contribution >= 4 is 5.78 Å². The maximum absolute atomic E-state index is 11.6. The van der Waals surface area contributed by atoms with Gasteiger partial charge in [-0.2, -0.15) is 0 Å². The van der Waals surface area contributed by atoms with Crippen molar-refractivity contribution in [1.29, 1.82) is 0 Å². The van der Waals surface area contributed by atoms with Crippen LogP contribution in [0.4, 0.5) is 0 Å². The highest BCUT2D eigenvalue weighted by Gasteiger charge is 2.22. The Morgan fingerprint density at radius 2 is 1.86 bits per heavy atom. The molecule has 0 aliphatic rings.